The summed E-state index contributed by atoms with van der Waals surface area (Å²) in [6, 6.07) is 0. The fraction of sp³-hybridized carbons (Fsp3) is 0.615. The first-order valence-corrected chi connectivity index (χ1v) is 17.7. The number of nitrogens with zero attached hydrogens (tertiary/aromatic N) is 3. The Labute approximate surface area is 237 Å². The highest BCUT2D eigenvalue weighted by molar-refractivity contribution is 6.84. The highest BCUT2D eigenvalue weighted by Crippen LogP contribution is 2.49. The van der Waals surface area contributed by atoms with Gasteiger partial charge in [-0.15, -0.1) is 0 Å². The standard InChI is InChI=1S/C26H42N6O6Si2/c1-13(2)39(14(3)4)34-11-19-21(37-40(38-39,15(5)6)16(7)8)22(35-17(9)33)26(36-19)32-10-18(23(27)28)20-24(29)30-12-31-25(20)32/h10,12-16,19,21H,11H2,1-9H3,(H3,27,28)(H2,29,30,31)/t19-,21-/m1/s1. The lowest BCUT2D eigenvalue weighted by molar-refractivity contribution is -0.138. The molecule has 12 nitrogen and oxygen atoms in total. The van der Waals surface area contributed by atoms with E-state index in [-0.39, 0.29) is 52.1 Å². The summed E-state index contributed by atoms with van der Waals surface area (Å²) in [4.78, 5) is 20.9. The number of ether oxygens (including phenoxy) is 2. The van der Waals surface area contributed by atoms with Gasteiger partial charge in [0.1, 0.15) is 18.0 Å². The van der Waals surface area contributed by atoms with Crippen molar-refractivity contribution in [2.45, 2.75) is 96.7 Å². The number of esters is 1. The van der Waals surface area contributed by atoms with Crippen molar-refractivity contribution in [1.29, 1.82) is 5.41 Å². The molecule has 0 bridgehead atoms. The summed E-state index contributed by atoms with van der Waals surface area (Å²) in [5.74, 6) is -0.196. The van der Waals surface area contributed by atoms with Crippen molar-refractivity contribution < 1.29 is 27.2 Å². The largest absolute Gasteiger partial charge is 0.467 e. The third-order valence-electron chi connectivity index (χ3n) is 7.77. The summed E-state index contributed by atoms with van der Waals surface area (Å²) in [7, 11) is -5.86. The van der Waals surface area contributed by atoms with Crippen LogP contribution in [0, 0.1) is 5.41 Å². The molecule has 0 amide bonds. The maximum atomic E-state index is 12.4. The SMILES string of the molecule is CC(=O)OC1=C(n2cc(C(=N)N)c3c(N)ncnc32)O[C@@H]2CO[Si](C(C)C)(C(C)C)O[Si](C(C)C)(C(C)C)O[C@@H]12. The molecule has 1 fully saturated rings. The van der Waals surface area contributed by atoms with E-state index in [1.165, 1.54) is 13.3 Å². The van der Waals surface area contributed by atoms with Gasteiger partial charge in [-0.05, 0) is 22.2 Å². The van der Waals surface area contributed by atoms with Crippen molar-refractivity contribution in [2.75, 3.05) is 12.3 Å². The van der Waals surface area contributed by atoms with Crippen LogP contribution in [-0.2, 0) is 27.2 Å². The number of nitrogens with one attached hydrogen (secondary N) is 1. The Morgan fingerprint density at radius 2 is 1.68 bits per heavy atom. The van der Waals surface area contributed by atoms with E-state index >= 15 is 0 Å². The Morgan fingerprint density at radius 3 is 2.20 bits per heavy atom. The first-order chi connectivity index (χ1) is 18.7. The van der Waals surface area contributed by atoms with Crippen molar-refractivity contribution in [3.8, 4) is 0 Å². The van der Waals surface area contributed by atoms with Crippen LogP contribution in [0.5, 0.6) is 0 Å². The monoisotopic (exact) mass is 590 g/mol. The predicted molar refractivity (Wildman–Crippen MR) is 157 cm³/mol. The van der Waals surface area contributed by atoms with Crippen LogP contribution >= 0.6 is 0 Å². The summed E-state index contributed by atoms with van der Waals surface area (Å²) in [5, 5.41) is 8.51. The van der Waals surface area contributed by atoms with Crippen LogP contribution in [0.4, 0.5) is 5.82 Å². The quantitative estimate of drug-likeness (QED) is 0.182. The fourth-order valence-electron chi connectivity index (χ4n) is 5.80. The first-order valence-electron chi connectivity index (χ1n) is 13.7. The third-order valence-corrected chi connectivity index (χ3v) is 18.0. The normalized spacial score (nSPS) is 22.5. The second-order valence-corrected chi connectivity index (χ2v) is 20.6. The molecule has 14 heteroatoms. The summed E-state index contributed by atoms with van der Waals surface area (Å²) >= 11 is 0. The number of nitrogen functional groups attached to an aromatic ring is 2. The van der Waals surface area contributed by atoms with Gasteiger partial charge < -0.3 is 33.9 Å². The summed E-state index contributed by atoms with van der Waals surface area (Å²) in [6.45, 7) is 18.6. The summed E-state index contributed by atoms with van der Waals surface area (Å²) < 4.78 is 35.1. The Balaban J connectivity index is 1.96. The van der Waals surface area contributed by atoms with Crippen molar-refractivity contribution in [1.82, 2.24) is 14.5 Å². The fourth-order valence-corrected chi connectivity index (χ4v) is 17.0. The molecule has 2 aromatic heterocycles. The number of carbonyl (C=O) groups excluding carboxylic acids is 1. The van der Waals surface area contributed by atoms with Crippen LogP contribution in [0.25, 0.3) is 16.9 Å². The molecule has 2 atom stereocenters. The van der Waals surface area contributed by atoms with Crippen molar-refractivity contribution in [3.05, 3.63) is 23.8 Å². The zero-order valence-corrected chi connectivity index (χ0v) is 26.8. The van der Waals surface area contributed by atoms with E-state index < -0.39 is 35.3 Å². The van der Waals surface area contributed by atoms with Gasteiger partial charge in [0.15, 0.2) is 23.6 Å². The van der Waals surface area contributed by atoms with Gasteiger partial charge in [0.2, 0.25) is 5.88 Å². The molecule has 220 valence electrons. The predicted octanol–water partition coefficient (Wildman–Crippen LogP) is 4.34. The summed E-state index contributed by atoms with van der Waals surface area (Å²) in [6.07, 6.45) is 1.50. The van der Waals surface area contributed by atoms with E-state index in [4.69, 9.17) is 39.3 Å². The van der Waals surface area contributed by atoms with Crippen LogP contribution in [0.3, 0.4) is 0 Å². The molecule has 40 heavy (non-hydrogen) atoms. The second kappa shape index (κ2) is 10.9. The topological polar surface area (TPSA) is 170 Å². The zero-order chi connectivity index (χ0) is 29.7. The third kappa shape index (κ3) is 4.85. The highest BCUT2D eigenvalue weighted by atomic mass is 28.5. The number of anilines is 1. The molecular formula is C26H42N6O6Si2. The molecule has 0 unspecified atom stereocenters. The lowest BCUT2D eigenvalue weighted by Crippen LogP contribution is -2.65. The Kier molecular flexibility index (Phi) is 8.22. The number of amidine groups is 1. The van der Waals surface area contributed by atoms with E-state index in [9.17, 15) is 4.79 Å². The number of hydrogen-bond donors (Lipinski definition) is 3. The first kappa shape index (κ1) is 30.2. The van der Waals surface area contributed by atoms with Crippen molar-refractivity contribution in [3.63, 3.8) is 0 Å². The molecular weight excluding hydrogens is 548 g/mol. The van der Waals surface area contributed by atoms with Crippen LogP contribution in [0.15, 0.2) is 18.3 Å². The molecule has 2 aliphatic rings. The maximum Gasteiger partial charge on any atom is 0.335 e. The number of aromatic nitrogens is 3. The molecule has 5 N–H and O–H groups in total. The lowest BCUT2D eigenvalue weighted by atomic mass is 10.2. The van der Waals surface area contributed by atoms with Gasteiger partial charge in [0, 0.05) is 18.7 Å². The molecule has 2 aromatic rings. The Morgan fingerprint density at radius 1 is 1.07 bits per heavy atom. The van der Waals surface area contributed by atoms with Gasteiger partial charge in [-0.2, -0.15) is 0 Å². The van der Waals surface area contributed by atoms with E-state index in [0.717, 1.165) is 0 Å². The molecule has 4 rings (SSSR count). The van der Waals surface area contributed by atoms with Crippen molar-refractivity contribution in [2.24, 2.45) is 5.73 Å². The number of hydrogen-bond acceptors (Lipinski definition) is 10. The Hall–Kier alpha value is -2.79. The van der Waals surface area contributed by atoms with E-state index in [2.05, 4.69) is 65.4 Å². The maximum absolute atomic E-state index is 12.4. The average Bonchev–Trinajstić information content (AvgIpc) is 3.37. The van der Waals surface area contributed by atoms with Gasteiger partial charge in [-0.1, -0.05) is 55.4 Å². The van der Waals surface area contributed by atoms with E-state index in [1.807, 2.05) is 0 Å². The lowest BCUT2D eigenvalue weighted by Gasteiger charge is -2.51. The molecule has 0 spiro atoms. The molecule has 0 aliphatic carbocycles. The minimum Gasteiger partial charge on any atom is -0.467 e. The van der Waals surface area contributed by atoms with Gasteiger partial charge in [0.25, 0.3) is 0 Å². The smallest absolute Gasteiger partial charge is 0.335 e. The Bertz CT molecular complexity index is 1320. The minimum absolute atomic E-state index is 0.0612. The minimum atomic E-state index is -3.04. The molecule has 0 aromatic carbocycles. The number of fused-ring (bicyclic) bond motifs is 2. The molecule has 0 saturated carbocycles. The van der Waals surface area contributed by atoms with Gasteiger partial charge >= 0.3 is 23.1 Å². The van der Waals surface area contributed by atoms with Gasteiger partial charge in [0.05, 0.1) is 12.0 Å². The highest BCUT2D eigenvalue weighted by Gasteiger charge is 2.61. The zero-order valence-electron chi connectivity index (χ0n) is 24.8. The molecule has 2 aliphatic heterocycles. The number of rotatable bonds is 7. The van der Waals surface area contributed by atoms with Gasteiger partial charge in [-0.25, -0.2) is 9.97 Å². The van der Waals surface area contributed by atoms with Crippen LogP contribution in [0.2, 0.25) is 22.2 Å². The van der Waals surface area contributed by atoms with Crippen LogP contribution in [0.1, 0.15) is 67.9 Å². The van der Waals surface area contributed by atoms with E-state index in [0.29, 0.717) is 16.6 Å². The van der Waals surface area contributed by atoms with Crippen LogP contribution < -0.4 is 11.5 Å². The molecule has 4 heterocycles. The van der Waals surface area contributed by atoms with Crippen LogP contribution in [-0.4, -0.2) is 62.3 Å². The molecule has 1 saturated heterocycles. The number of carbonyl (C=O) groups is 1. The van der Waals surface area contributed by atoms with Crippen molar-refractivity contribution >= 4 is 51.7 Å². The summed E-state index contributed by atoms with van der Waals surface area (Å²) in [5.41, 5.74) is 13.2. The van der Waals surface area contributed by atoms with Gasteiger partial charge in [-0.3, -0.25) is 14.8 Å². The molecule has 0 radical (unpaired) electrons. The van der Waals surface area contributed by atoms with E-state index in [1.54, 1.807) is 10.8 Å². The average molecular weight is 591 g/mol. The second-order valence-electron chi connectivity index (χ2n) is 11.7. The number of nitrogens with two attached hydrogens (primary N) is 2.